The van der Waals surface area contributed by atoms with Gasteiger partial charge in [0.25, 0.3) is 0 Å². The third kappa shape index (κ3) is 3.11. The molecule has 3 rings (SSSR count). The quantitative estimate of drug-likeness (QED) is 0.868. The molecule has 0 amide bonds. The van der Waals surface area contributed by atoms with E-state index in [1.807, 2.05) is 24.5 Å². The molecule has 1 fully saturated rings. The Balaban J connectivity index is 1.77. The molecule has 1 aromatic carbocycles. The molecule has 2 nitrogen and oxygen atoms in total. The van der Waals surface area contributed by atoms with Crippen molar-refractivity contribution in [3.8, 4) is 0 Å². The third-order valence-electron chi connectivity index (χ3n) is 5.07. The summed E-state index contributed by atoms with van der Waals surface area (Å²) in [7, 11) is 0. The van der Waals surface area contributed by atoms with Crippen LogP contribution in [0.25, 0.3) is 10.8 Å². The van der Waals surface area contributed by atoms with Crippen LogP contribution in [0.3, 0.4) is 0 Å². The monoisotopic (exact) mass is 283 g/mol. The second-order valence-corrected chi connectivity index (χ2v) is 6.46. The molecule has 0 radical (unpaired) electrons. The smallest absolute Gasteiger partial charge is 0.0824 e. The minimum Gasteiger partial charge on any atom is -0.388 e. The van der Waals surface area contributed by atoms with Gasteiger partial charge in [-0.2, -0.15) is 0 Å². The minimum absolute atomic E-state index is 0.335. The number of hydrogen-bond donors (Lipinski definition) is 1. The van der Waals surface area contributed by atoms with E-state index in [4.69, 9.17) is 0 Å². The third-order valence-corrected chi connectivity index (χ3v) is 5.07. The molecule has 0 saturated heterocycles. The van der Waals surface area contributed by atoms with Gasteiger partial charge in [-0.05, 0) is 41.7 Å². The SMILES string of the molecule is CCCC1CCC(C(O)c2cccc3cnccc23)CC1. The lowest BCUT2D eigenvalue weighted by Crippen LogP contribution is -2.20. The highest BCUT2D eigenvalue weighted by molar-refractivity contribution is 5.85. The van der Waals surface area contributed by atoms with Gasteiger partial charge >= 0.3 is 0 Å². The standard InChI is InChI=1S/C19H25NO/c1-2-4-14-7-9-15(10-8-14)19(21)18-6-3-5-16-13-20-12-11-17(16)18/h3,5-6,11-15,19,21H,2,4,7-10H2,1H3. The predicted molar refractivity (Wildman–Crippen MR) is 87.1 cm³/mol. The van der Waals surface area contributed by atoms with Gasteiger partial charge in [0.15, 0.2) is 0 Å². The summed E-state index contributed by atoms with van der Waals surface area (Å²) < 4.78 is 0. The van der Waals surface area contributed by atoms with E-state index >= 15 is 0 Å². The maximum absolute atomic E-state index is 10.8. The van der Waals surface area contributed by atoms with Crippen LogP contribution in [-0.2, 0) is 0 Å². The normalized spacial score (nSPS) is 24.1. The molecule has 1 aliphatic carbocycles. The van der Waals surface area contributed by atoms with E-state index in [0.717, 1.165) is 35.1 Å². The van der Waals surface area contributed by atoms with Crippen molar-refractivity contribution in [3.63, 3.8) is 0 Å². The molecule has 0 spiro atoms. The van der Waals surface area contributed by atoms with Crippen LogP contribution in [0.1, 0.15) is 57.1 Å². The van der Waals surface area contributed by atoms with Crippen LogP contribution in [0.5, 0.6) is 0 Å². The van der Waals surface area contributed by atoms with Gasteiger partial charge in [-0.1, -0.05) is 50.8 Å². The molecule has 2 aromatic rings. The average Bonchev–Trinajstić information content (AvgIpc) is 2.55. The Labute approximate surface area is 127 Å². The zero-order chi connectivity index (χ0) is 14.7. The van der Waals surface area contributed by atoms with Crippen LogP contribution < -0.4 is 0 Å². The highest BCUT2D eigenvalue weighted by Gasteiger charge is 2.27. The van der Waals surface area contributed by atoms with E-state index in [1.165, 1.54) is 25.7 Å². The number of aliphatic hydroxyl groups is 1. The Morgan fingerprint density at radius 2 is 2.00 bits per heavy atom. The maximum atomic E-state index is 10.8. The van der Waals surface area contributed by atoms with E-state index in [2.05, 4.69) is 24.0 Å². The van der Waals surface area contributed by atoms with E-state index < -0.39 is 0 Å². The predicted octanol–water partition coefficient (Wildman–Crippen LogP) is 4.87. The molecule has 1 aromatic heterocycles. The molecule has 1 saturated carbocycles. The molecular weight excluding hydrogens is 258 g/mol. The highest BCUT2D eigenvalue weighted by Crippen LogP contribution is 2.39. The Bertz CT molecular complexity index is 582. The summed E-state index contributed by atoms with van der Waals surface area (Å²) in [4.78, 5) is 4.17. The highest BCUT2D eigenvalue weighted by atomic mass is 16.3. The van der Waals surface area contributed by atoms with Crippen molar-refractivity contribution in [3.05, 3.63) is 42.2 Å². The van der Waals surface area contributed by atoms with Crippen LogP contribution in [-0.4, -0.2) is 10.1 Å². The molecule has 1 unspecified atom stereocenters. The van der Waals surface area contributed by atoms with Gasteiger partial charge in [0, 0.05) is 17.8 Å². The molecule has 2 heteroatoms. The molecule has 0 bridgehead atoms. The molecule has 112 valence electrons. The largest absolute Gasteiger partial charge is 0.388 e. The lowest BCUT2D eigenvalue weighted by atomic mass is 9.76. The molecule has 21 heavy (non-hydrogen) atoms. The van der Waals surface area contributed by atoms with Crippen molar-refractivity contribution >= 4 is 10.8 Å². The summed E-state index contributed by atoms with van der Waals surface area (Å²) in [5.74, 6) is 1.30. The molecule has 1 atom stereocenters. The number of pyridine rings is 1. The fourth-order valence-electron chi connectivity index (χ4n) is 3.86. The number of fused-ring (bicyclic) bond motifs is 1. The van der Waals surface area contributed by atoms with Crippen molar-refractivity contribution < 1.29 is 5.11 Å². The summed E-state index contributed by atoms with van der Waals surface area (Å²) >= 11 is 0. The van der Waals surface area contributed by atoms with Crippen molar-refractivity contribution in [2.75, 3.05) is 0 Å². The maximum Gasteiger partial charge on any atom is 0.0824 e. The second kappa shape index (κ2) is 6.57. The Kier molecular flexibility index (Phi) is 4.54. The first-order valence-electron chi connectivity index (χ1n) is 8.30. The minimum atomic E-state index is -0.335. The Morgan fingerprint density at radius 1 is 1.19 bits per heavy atom. The summed E-state index contributed by atoms with van der Waals surface area (Å²) in [5, 5.41) is 13.1. The lowest BCUT2D eigenvalue weighted by Gasteiger charge is -2.32. The lowest BCUT2D eigenvalue weighted by molar-refractivity contribution is 0.0733. The second-order valence-electron chi connectivity index (χ2n) is 6.46. The number of benzene rings is 1. The van der Waals surface area contributed by atoms with Gasteiger partial charge in [0.05, 0.1) is 6.10 Å². The van der Waals surface area contributed by atoms with Crippen molar-refractivity contribution in [1.29, 1.82) is 0 Å². The molecule has 1 aliphatic rings. The number of nitrogens with zero attached hydrogens (tertiary/aromatic N) is 1. The first-order chi connectivity index (χ1) is 10.3. The van der Waals surface area contributed by atoms with E-state index in [1.54, 1.807) is 0 Å². The van der Waals surface area contributed by atoms with E-state index in [0.29, 0.717) is 5.92 Å². The van der Waals surface area contributed by atoms with Crippen LogP contribution in [0, 0.1) is 11.8 Å². The van der Waals surface area contributed by atoms with Crippen molar-refractivity contribution in [2.24, 2.45) is 11.8 Å². The van der Waals surface area contributed by atoms with Gasteiger partial charge in [-0.15, -0.1) is 0 Å². The summed E-state index contributed by atoms with van der Waals surface area (Å²) in [5.41, 5.74) is 1.08. The zero-order valence-corrected chi connectivity index (χ0v) is 12.8. The average molecular weight is 283 g/mol. The van der Waals surface area contributed by atoms with Crippen LogP contribution >= 0.6 is 0 Å². The number of rotatable bonds is 4. The van der Waals surface area contributed by atoms with Crippen LogP contribution in [0.15, 0.2) is 36.7 Å². The van der Waals surface area contributed by atoms with E-state index in [-0.39, 0.29) is 6.10 Å². The molecule has 1 N–H and O–H groups in total. The van der Waals surface area contributed by atoms with Crippen molar-refractivity contribution in [1.82, 2.24) is 4.98 Å². The van der Waals surface area contributed by atoms with Gasteiger partial charge < -0.3 is 5.11 Å². The van der Waals surface area contributed by atoms with Gasteiger partial charge in [-0.3, -0.25) is 4.98 Å². The van der Waals surface area contributed by atoms with Crippen molar-refractivity contribution in [2.45, 2.75) is 51.6 Å². The molecule has 0 aliphatic heterocycles. The fraction of sp³-hybridized carbons (Fsp3) is 0.526. The van der Waals surface area contributed by atoms with Gasteiger partial charge in [-0.25, -0.2) is 0 Å². The number of aromatic nitrogens is 1. The zero-order valence-electron chi connectivity index (χ0n) is 12.8. The fourth-order valence-corrected chi connectivity index (χ4v) is 3.86. The Hall–Kier alpha value is -1.41. The van der Waals surface area contributed by atoms with Gasteiger partial charge in [0.1, 0.15) is 0 Å². The summed E-state index contributed by atoms with van der Waals surface area (Å²) in [6.45, 7) is 2.27. The van der Waals surface area contributed by atoms with Crippen LogP contribution in [0.2, 0.25) is 0 Å². The van der Waals surface area contributed by atoms with Crippen LogP contribution in [0.4, 0.5) is 0 Å². The molecular formula is C19H25NO. The Morgan fingerprint density at radius 3 is 2.76 bits per heavy atom. The number of hydrogen-bond acceptors (Lipinski definition) is 2. The van der Waals surface area contributed by atoms with E-state index in [9.17, 15) is 5.11 Å². The first-order valence-corrected chi connectivity index (χ1v) is 8.30. The summed E-state index contributed by atoms with van der Waals surface area (Å²) in [6.07, 6.45) is 10.9. The topological polar surface area (TPSA) is 33.1 Å². The first kappa shape index (κ1) is 14.5. The molecule has 1 heterocycles. The summed E-state index contributed by atoms with van der Waals surface area (Å²) in [6, 6.07) is 8.20. The number of aliphatic hydroxyl groups excluding tert-OH is 1. The van der Waals surface area contributed by atoms with Gasteiger partial charge in [0.2, 0.25) is 0 Å².